The van der Waals surface area contributed by atoms with E-state index in [9.17, 15) is 19.5 Å². The Balaban J connectivity index is 1.96. The molecule has 0 saturated heterocycles. The van der Waals surface area contributed by atoms with Crippen LogP contribution in [0.4, 0.5) is 17.1 Å². The highest BCUT2D eigenvalue weighted by molar-refractivity contribution is 9.10. The number of nitrogens with zero attached hydrogens (tertiary/aromatic N) is 1. The first-order valence-electron chi connectivity index (χ1n) is 9.56. The Morgan fingerprint density at radius 1 is 1.16 bits per heavy atom. The summed E-state index contributed by atoms with van der Waals surface area (Å²) in [6.45, 7) is 5.92. The first kappa shape index (κ1) is 22.6. The van der Waals surface area contributed by atoms with Gasteiger partial charge < -0.3 is 25.1 Å². The van der Waals surface area contributed by atoms with Gasteiger partial charge in [0.1, 0.15) is 23.4 Å². The third-order valence-corrected chi connectivity index (χ3v) is 5.29. The van der Waals surface area contributed by atoms with Crippen LogP contribution in [0.1, 0.15) is 42.9 Å². The van der Waals surface area contributed by atoms with Crippen LogP contribution in [0.15, 0.2) is 49.0 Å². The number of carbonyl (C=O) groups excluding carboxylic acids is 1. The Hall–Kier alpha value is -3.07. The fraction of sp³-hybridized carbons (Fsp3) is 0.318. The van der Waals surface area contributed by atoms with Crippen molar-refractivity contribution >= 4 is 38.9 Å². The third kappa shape index (κ3) is 4.36. The quantitative estimate of drug-likeness (QED) is 0.354. The smallest absolute Gasteiger partial charge is 0.257 e. The molecule has 3 aromatic rings. The van der Waals surface area contributed by atoms with E-state index < -0.39 is 16.9 Å². The average molecular weight is 490 g/mol. The minimum Gasteiger partial charge on any atom is -0.505 e. The molecule has 1 atom stereocenters. The molecular formula is C22H24BrN3O5. The number of rotatable bonds is 6. The van der Waals surface area contributed by atoms with Gasteiger partial charge in [-0.3, -0.25) is 14.4 Å². The second kappa shape index (κ2) is 8.22. The van der Waals surface area contributed by atoms with Crippen LogP contribution < -0.4 is 21.5 Å². The third-order valence-electron chi connectivity index (χ3n) is 4.87. The first-order chi connectivity index (χ1) is 14.4. The Bertz CT molecular complexity index is 1200. The Morgan fingerprint density at radius 3 is 2.35 bits per heavy atom. The van der Waals surface area contributed by atoms with Crippen LogP contribution in [0.5, 0.6) is 5.75 Å². The predicted molar refractivity (Wildman–Crippen MR) is 123 cm³/mol. The summed E-state index contributed by atoms with van der Waals surface area (Å²) >= 11 is 3.35. The number of amides is 1. The molecule has 0 bridgehead atoms. The number of phenols is 1. The Kier molecular flexibility index (Phi) is 6.00. The molecule has 9 heteroatoms. The molecular weight excluding hydrogens is 466 g/mol. The maximum atomic E-state index is 12.3. The zero-order chi connectivity index (χ0) is 23.1. The fourth-order valence-corrected chi connectivity index (χ4v) is 3.50. The van der Waals surface area contributed by atoms with E-state index in [-0.39, 0.29) is 39.7 Å². The molecule has 0 aliphatic rings. The van der Waals surface area contributed by atoms with Gasteiger partial charge in [-0.25, -0.2) is 0 Å². The summed E-state index contributed by atoms with van der Waals surface area (Å²) < 4.78 is 6.35. The van der Waals surface area contributed by atoms with Crippen LogP contribution in [0.2, 0.25) is 0 Å². The van der Waals surface area contributed by atoms with Gasteiger partial charge in [0.2, 0.25) is 0 Å². The molecule has 0 radical (unpaired) electrons. The molecule has 3 N–H and O–H groups in total. The Labute approximate surface area is 187 Å². The summed E-state index contributed by atoms with van der Waals surface area (Å²) in [5.74, 6) is -0.0944. The highest BCUT2D eigenvalue weighted by atomic mass is 79.9. The number of carbonyl (C=O) groups is 1. The lowest BCUT2D eigenvalue weighted by atomic mass is 9.85. The summed E-state index contributed by atoms with van der Waals surface area (Å²) in [6.07, 6.45) is 1.54. The van der Waals surface area contributed by atoms with Crippen molar-refractivity contribution in [3.8, 4) is 5.75 Å². The summed E-state index contributed by atoms with van der Waals surface area (Å²) in [5, 5.41) is 16.5. The number of hydrogen-bond acceptors (Lipinski definition) is 7. The number of aromatic hydroxyl groups is 1. The van der Waals surface area contributed by atoms with E-state index in [1.54, 1.807) is 32.5 Å². The molecule has 8 nitrogen and oxygen atoms in total. The molecule has 0 fully saturated rings. The van der Waals surface area contributed by atoms with Gasteiger partial charge in [0.05, 0.1) is 21.8 Å². The number of para-hydroxylation sites is 1. The molecule has 0 spiro atoms. The zero-order valence-electron chi connectivity index (χ0n) is 17.9. The van der Waals surface area contributed by atoms with Crippen molar-refractivity contribution in [1.82, 2.24) is 4.90 Å². The summed E-state index contributed by atoms with van der Waals surface area (Å²) in [4.78, 5) is 38.2. The van der Waals surface area contributed by atoms with E-state index in [4.69, 9.17) is 4.42 Å². The topological polar surface area (TPSA) is 112 Å². The number of hydrogen-bond donors (Lipinski definition) is 3. The van der Waals surface area contributed by atoms with Gasteiger partial charge in [0, 0.05) is 14.1 Å². The summed E-state index contributed by atoms with van der Waals surface area (Å²) in [6, 6.07) is 5.97. The number of halogens is 1. The minimum atomic E-state index is -0.709. The molecule has 1 aromatic heterocycles. The van der Waals surface area contributed by atoms with Crippen molar-refractivity contribution in [3.05, 3.63) is 66.8 Å². The van der Waals surface area contributed by atoms with Crippen molar-refractivity contribution in [3.63, 3.8) is 0 Å². The fourth-order valence-electron chi connectivity index (χ4n) is 3.18. The van der Waals surface area contributed by atoms with Crippen molar-refractivity contribution in [2.75, 3.05) is 24.7 Å². The molecule has 0 saturated carbocycles. The maximum absolute atomic E-state index is 12.3. The molecule has 0 aliphatic carbocycles. The van der Waals surface area contributed by atoms with Crippen LogP contribution in [0.25, 0.3) is 0 Å². The van der Waals surface area contributed by atoms with Gasteiger partial charge in [0.25, 0.3) is 16.8 Å². The number of anilines is 3. The highest BCUT2D eigenvalue weighted by Crippen LogP contribution is 2.39. The Morgan fingerprint density at radius 2 is 1.81 bits per heavy atom. The van der Waals surface area contributed by atoms with E-state index in [0.29, 0.717) is 5.76 Å². The zero-order valence-corrected chi connectivity index (χ0v) is 19.5. The molecule has 164 valence electrons. The van der Waals surface area contributed by atoms with Gasteiger partial charge in [0.15, 0.2) is 5.75 Å². The van der Waals surface area contributed by atoms with Crippen molar-refractivity contribution in [1.29, 1.82) is 0 Å². The molecule has 1 unspecified atom stereocenters. The van der Waals surface area contributed by atoms with E-state index in [2.05, 4.69) is 26.6 Å². The van der Waals surface area contributed by atoms with Gasteiger partial charge in [-0.15, -0.1) is 0 Å². The van der Waals surface area contributed by atoms with Gasteiger partial charge in [-0.2, -0.15) is 0 Å². The SMILES string of the molecule is CN(C)C(=O)c1cccc(Nc2c(NC(c3cc(Br)co3)C(C)(C)C)c(=O)c2=O)c1O. The van der Waals surface area contributed by atoms with Gasteiger partial charge in [-0.1, -0.05) is 26.8 Å². The standard InChI is InChI=1S/C22H24BrN3O5/c1-22(2,3)20(14-9-11(23)10-31-14)25-16-15(18(28)19(16)29)24-13-8-6-7-12(17(13)27)21(30)26(4)5/h6-10,20,24-25,27H,1-5H3. The van der Waals surface area contributed by atoms with E-state index >= 15 is 0 Å². The van der Waals surface area contributed by atoms with Crippen molar-refractivity contribution in [2.24, 2.45) is 5.41 Å². The normalized spacial score (nSPS) is 12.6. The molecule has 2 aromatic carbocycles. The van der Waals surface area contributed by atoms with Crippen molar-refractivity contribution < 1.29 is 14.3 Å². The number of phenolic OH excluding ortho intramolecular Hbond substituents is 1. The molecule has 31 heavy (non-hydrogen) atoms. The molecule has 1 heterocycles. The van der Waals surface area contributed by atoms with E-state index in [0.717, 1.165) is 4.47 Å². The second-order valence-electron chi connectivity index (χ2n) is 8.55. The van der Waals surface area contributed by atoms with Crippen LogP contribution in [0, 0.1) is 5.41 Å². The molecule has 3 rings (SSSR count). The molecule has 1 amide bonds. The van der Waals surface area contributed by atoms with Crippen LogP contribution in [0.3, 0.4) is 0 Å². The van der Waals surface area contributed by atoms with Crippen LogP contribution >= 0.6 is 15.9 Å². The monoisotopic (exact) mass is 489 g/mol. The minimum absolute atomic E-state index is 0.0228. The van der Waals surface area contributed by atoms with Gasteiger partial charge in [-0.05, 0) is 39.5 Å². The largest absolute Gasteiger partial charge is 0.505 e. The lowest BCUT2D eigenvalue weighted by Crippen LogP contribution is -2.39. The second-order valence-corrected chi connectivity index (χ2v) is 9.46. The van der Waals surface area contributed by atoms with Crippen LogP contribution in [-0.4, -0.2) is 30.0 Å². The first-order valence-corrected chi connectivity index (χ1v) is 10.4. The van der Waals surface area contributed by atoms with Crippen LogP contribution in [-0.2, 0) is 0 Å². The summed E-state index contributed by atoms with van der Waals surface area (Å²) in [5.41, 5.74) is -1.38. The highest BCUT2D eigenvalue weighted by Gasteiger charge is 2.33. The average Bonchev–Trinajstić information content (AvgIpc) is 3.12. The van der Waals surface area contributed by atoms with Crippen molar-refractivity contribution in [2.45, 2.75) is 26.8 Å². The van der Waals surface area contributed by atoms with E-state index in [1.165, 1.54) is 17.0 Å². The lowest BCUT2D eigenvalue weighted by Gasteiger charge is -2.31. The molecule has 0 aliphatic heterocycles. The number of benzene rings is 1. The van der Waals surface area contributed by atoms with E-state index in [1.807, 2.05) is 20.8 Å². The number of nitrogens with one attached hydrogen (secondary N) is 2. The predicted octanol–water partition coefficient (Wildman–Crippen LogP) is 3.99. The lowest BCUT2D eigenvalue weighted by molar-refractivity contribution is 0.0824. The summed E-state index contributed by atoms with van der Waals surface area (Å²) in [7, 11) is 3.14. The van der Waals surface area contributed by atoms with Gasteiger partial charge >= 0.3 is 0 Å². The maximum Gasteiger partial charge on any atom is 0.257 e. The number of furan rings is 1.